The second kappa shape index (κ2) is 8.62. The summed E-state index contributed by atoms with van der Waals surface area (Å²) < 4.78 is 13.7. The number of hydrogen-bond donors (Lipinski definition) is 2. The van der Waals surface area contributed by atoms with Crippen LogP contribution < -0.4 is 10.6 Å². The fourth-order valence-corrected chi connectivity index (χ4v) is 2.35. The first-order chi connectivity index (χ1) is 11.9. The minimum absolute atomic E-state index is 0.0529. The molecule has 2 aromatic carbocycles. The number of carbonyl (C=O) groups is 2. The van der Waals surface area contributed by atoms with E-state index in [2.05, 4.69) is 10.6 Å². The van der Waals surface area contributed by atoms with E-state index in [1.807, 2.05) is 26.0 Å². The van der Waals surface area contributed by atoms with Crippen LogP contribution in [0.4, 0.5) is 10.1 Å². The Morgan fingerprint density at radius 1 is 1.12 bits per heavy atom. The number of rotatable bonds is 6. The van der Waals surface area contributed by atoms with Crippen LogP contribution in [0.3, 0.4) is 0 Å². The number of nitrogens with one attached hydrogen (secondary N) is 2. The quantitative estimate of drug-likeness (QED) is 0.817. The van der Waals surface area contributed by atoms with Gasteiger partial charge >= 0.3 is 0 Å². The Morgan fingerprint density at radius 2 is 1.80 bits per heavy atom. The second-order valence-electron chi connectivity index (χ2n) is 5.99. The maximum absolute atomic E-state index is 13.7. The third-order valence-electron chi connectivity index (χ3n) is 3.63. The van der Waals surface area contributed by atoms with Crippen LogP contribution in [0.25, 0.3) is 0 Å². The van der Waals surface area contributed by atoms with Gasteiger partial charge in [0, 0.05) is 28.7 Å². The van der Waals surface area contributed by atoms with Crippen LogP contribution in [-0.4, -0.2) is 11.8 Å². The summed E-state index contributed by atoms with van der Waals surface area (Å²) in [7, 11) is 0. The fourth-order valence-electron chi connectivity index (χ4n) is 2.12. The third kappa shape index (κ3) is 5.57. The Kier molecular flexibility index (Phi) is 6.53. The first-order valence-electron chi connectivity index (χ1n) is 7.96. The predicted molar refractivity (Wildman–Crippen MR) is 96.9 cm³/mol. The van der Waals surface area contributed by atoms with Gasteiger partial charge in [-0.3, -0.25) is 9.59 Å². The molecule has 0 aliphatic rings. The molecule has 0 aliphatic heterocycles. The van der Waals surface area contributed by atoms with Gasteiger partial charge in [0.25, 0.3) is 0 Å². The third-order valence-corrected chi connectivity index (χ3v) is 3.99. The average Bonchev–Trinajstić information content (AvgIpc) is 2.57. The zero-order valence-corrected chi connectivity index (χ0v) is 14.9. The number of carbonyl (C=O) groups excluding carboxylic acids is 2. The molecule has 0 aliphatic carbocycles. The summed E-state index contributed by atoms with van der Waals surface area (Å²) in [6.07, 6.45) is -0.117. The Hall–Kier alpha value is -2.40. The molecule has 4 nitrogen and oxygen atoms in total. The molecule has 25 heavy (non-hydrogen) atoms. The molecule has 2 N–H and O–H groups in total. The van der Waals surface area contributed by atoms with Crippen molar-refractivity contribution in [2.75, 3.05) is 5.32 Å². The molecule has 0 aromatic heterocycles. The molecule has 2 aromatic rings. The molecule has 0 saturated heterocycles. The summed E-state index contributed by atoms with van der Waals surface area (Å²) in [4.78, 5) is 23.6. The topological polar surface area (TPSA) is 58.2 Å². The number of halogens is 2. The number of benzene rings is 2. The zero-order chi connectivity index (χ0) is 18.4. The van der Waals surface area contributed by atoms with Gasteiger partial charge in [-0.2, -0.15) is 0 Å². The maximum atomic E-state index is 13.7. The molecule has 0 saturated carbocycles. The summed E-state index contributed by atoms with van der Waals surface area (Å²) in [6, 6.07) is 11.5. The smallest absolute Gasteiger partial charge is 0.226 e. The van der Waals surface area contributed by atoms with Crippen molar-refractivity contribution in [2.45, 2.75) is 26.8 Å². The highest BCUT2D eigenvalue weighted by molar-refractivity contribution is 6.31. The van der Waals surface area contributed by atoms with Gasteiger partial charge in [0.1, 0.15) is 5.82 Å². The van der Waals surface area contributed by atoms with Gasteiger partial charge in [-0.1, -0.05) is 43.6 Å². The lowest BCUT2D eigenvalue weighted by molar-refractivity contribution is -0.120. The van der Waals surface area contributed by atoms with Crippen LogP contribution in [0.2, 0.25) is 5.02 Å². The lowest BCUT2D eigenvalue weighted by Gasteiger charge is -2.10. The van der Waals surface area contributed by atoms with Crippen molar-refractivity contribution < 1.29 is 14.0 Å². The highest BCUT2D eigenvalue weighted by Crippen LogP contribution is 2.19. The van der Waals surface area contributed by atoms with E-state index in [9.17, 15) is 14.0 Å². The lowest BCUT2D eigenvalue weighted by Crippen LogP contribution is -2.25. The molecule has 0 fully saturated rings. The van der Waals surface area contributed by atoms with Crippen molar-refractivity contribution >= 4 is 29.1 Å². The molecule has 0 spiro atoms. The van der Waals surface area contributed by atoms with E-state index in [4.69, 9.17) is 11.6 Å². The van der Waals surface area contributed by atoms with Gasteiger partial charge < -0.3 is 10.6 Å². The van der Waals surface area contributed by atoms with Crippen LogP contribution in [0, 0.1) is 11.7 Å². The average molecular weight is 363 g/mol. The van der Waals surface area contributed by atoms with Crippen LogP contribution in [0.15, 0.2) is 42.5 Å². The zero-order valence-electron chi connectivity index (χ0n) is 14.1. The molecule has 132 valence electrons. The van der Waals surface area contributed by atoms with Crippen LogP contribution in [0.5, 0.6) is 0 Å². The van der Waals surface area contributed by atoms with Crippen molar-refractivity contribution in [3.8, 4) is 0 Å². The van der Waals surface area contributed by atoms with E-state index in [0.29, 0.717) is 12.2 Å². The minimum Gasteiger partial charge on any atom is -0.352 e. The number of anilines is 1. The van der Waals surface area contributed by atoms with Gasteiger partial charge in [0.2, 0.25) is 11.8 Å². The van der Waals surface area contributed by atoms with Crippen molar-refractivity contribution in [2.24, 2.45) is 5.92 Å². The Labute approximate surface area is 151 Å². The van der Waals surface area contributed by atoms with E-state index < -0.39 is 5.82 Å². The molecule has 2 amide bonds. The van der Waals surface area contributed by atoms with Crippen LogP contribution in [-0.2, 0) is 22.6 Å². The van der Waals surface area contributed by atoms with Gasteiger partial charge in [0.15, 0.2) is 0 Å². The van der Waals surface area contributed by atoms with Crippen molar-refractivity contribution in [1.82, 2.24) is 5.32 Å². The van der Waals surface area contributed by atoms with Gasteiger partial charge in [-0.15, -0.1) is 0 Å². The van der Waals surface area contributed by atoms with E-state index in [1.54, 1.807) is 18.2 Å². The molecule has 0 bridgehead atoms. The van der Waals surface area contributed by atoms with Crippen molar-refractivity contribution in [3.63, 3.8) is 0 Å². The van der Waals surface area contributed by atoms with Crippen molar-refractivity contribution in [3.05, 3.63) is 64.4 Å². The van der Waals surface area contributed by atoms with Gasteiger partial charge in [-0.25, -0.2) is 4.39 Å². The highest BCUT2D eigenvalue weighted by atomic mass is 35.5. The highest BCUT2D eigenvalue weighted by Gasteiger charge is 2.12. The van der Waals surface area contributed by atoms with Gasteiger partial charge in [-0.05, 0) is 29.8 Å². The van der Waals surface area contributed by atoms with E-state index in [0.717, 1.165) is 5.56 Å². The summed E-state index contributed by atoms with van der Waals surface area (Å²) in [5.74, 6) is -0.955. The number of hydrogen-bond acceptors (Lipinski definition) is 2. The Balaban J connectivity index is 1.88. The summed E-state index contributed by atoms with van der Waals surface area (Å²) >= 11 is 5.92. The normalized spacial score (nSPS) is 10.6. The second-order valence-corrected chi connectivity index (χ2v) is 6.40. The van der Waals surface area contributed by atoms with Crippen molar-refractivity contribution in [1.29, 1.82) is 0 Å². The molecular formula is C19H20ClFN2O2. The molecule has 0 radical (unpaired) electrons. The predicted octanol–water partition coefficient (Wildman–Crippen LogP) is 3.93. The fraction of sp³-hybridized carbons (Fsp3) is 0.263. The lowest BCUT2D eigenvalue weighted by atomic mass is 10.1. The monoisotopic (exact) mass is 362 g/mol. The number of amides is 2. The molecule has 6 heteroatoms. The molecule has 2 rings (SSSR count). The van der Waals surface area contributed by atoms with Gasteiger partial charge in [0.05, 0.1) is 6.42 Å². The summed E-state index contributed by atoms with van der Waals surface area (Å²) in [6.45, 7) is 3.95. The molecule has 0 heterocycles. The molecule has 0 atom stereocenters. The first-order valence-corrected chi connectivity index (χ1v) is 8.34. The first kappa shape index (κ1) is 18.9. The maximum Gasteiger partial charge on any atom is 0.226 e. The SMILES string of the molecule is CC(C)C(=O)Nc1ccc(CNC(=O)Cc2c(F)cccc2Cl)cc1. The molecular weight excluding hydrogens is 343 g/mol. The summed E-state index contributed by atoms with van der Waals surface area (Å²) in [5.41, 5.74) is 1.76. The Bertz CT molecular complexity index is 740. The summed E-state index contributed by atoms with van der Waals surface area (Å²) in [5, 5.41) is 5.76. The largest absolute Gasteiger partial charge is 0.352 e. The van der Waals surface area contributed by atoms with E-state index >= 15 is 0 Å². The Morgan fingerprint density at radius 3 is 2.40 bits per heavy atom. The van der Waals surface area contributed by atoms with E-state index in [-0.39, 0.29) is 34.7 Å². The van der Waals surface area contributed by atoms with Crippen LogP contribution >= 0.6 is 11.6 Å². The van der Waals surface area contributed by atoms with Crippen LogP contribution in [0.1, 0.15) is 25.0 Å². The molecule has 0 unspecified atom stereocenters. The standard InChI is InChI=1S/C19H20ClFN2O2/c1-12(2)19(25)23-14-8-6-13(7-9-14)11-22-18(24)10-15-16(20)4-3-5-17(15)21/h3-9,12H,10-11H2,1-2H3,(H,22,24)(H,23,25). The van der Waals surface area contributed by atoms with E-state index in [1.165, 1.54) is 12.1 Å². The minimum atomic E-state index is -0.493.